The van der Waals surface area contributed by atoms with Crippen LogP contribution >= 0.6 is 0 Å². The predicted molar refractivity (Wildman–Crippen MR) is 157 cm³/mol. The first-order valence-corrected chi connectivity index (χ1v) is 13.3. The van der Waals surface area contributed by atoms with E-state index in [0.29, 0.717) is 23.7 Å². The molecule has 0 aliphatic rings. The van der Waals surface area contributed by atoms with Gasteiger partial charge in [-0.05, 0) is 71.9 Å². The zero-order valence-corrected chi connectivity index (χ0v) is 27.6. The zero-order valence-electron chi connectivity index (χ0n) is 25.0. The average Bonchev–Trinajstić information content (AvgIpc) is 2.83. The topological polar surface area (TPSA) is 37.6 Å². The molecule has 0 radical (unpaired) electrons. The van der Waals surface area contributed by atoms with Crippen molar-refractivity contribution in [3.63, 3.8) is 0 Å². The molecule has 0 spiro atoms. The first kappa shape index (κ1) is 37.0. The van der Waals surface area contributed by atoms with Gasteiger partial charge in [-0.15, -0.1) is 0 Å². The van der Waals surface area contributed by atoms with Crippen LogP contribution in [0.2, 0.25) is 0 Å². The molecule has 0 saturated heterocycles. The molecule has 0 fully saturated rings. The van der Waals surface area contributed by atoms with Crippen LogP contribution in [0.15, 0.2) is 64.6 Å². The SMILES string of the molecule is CC(=Nc1c(C(C)C)cccc1C(C)C)c1cccc(C(C)=Nc2c(C(C)C)cccc2C(C)C)n1.[Cl-].[Cl-].[Fe+2]. The van der Waals surface area contributed by atoms with E-state index < -0.39 is 0 Å². The molecule has 0 atom stereocenters. The second-order valence-corrected chi connectivity index (χ2v) is 11.0. The fraction of sp³-hybridized carbons (Fsp3) is 0.424. The molecule has 0 N–H and O–H groups in total. The summed E-state index contributed by atoms with van der Waals surface area (Å²) in [5.74, 6) is 1.61. The van der Waals surface area contributed by atoms with Crippen LogP contribution in [0.4, 0.5) is 11.4 Å². The number of aliphatic imine (C=N–C) groups is 2. The van der Waals surface area contributed by atoms with Gasteiger partial charge in [0.05, 0.1) is 34.2 Å². The van der Waals surface area contributed by atoms with E-state index in [9.17, 15) is 0 Å². The number of para-hydroxylation sites is 2. The number of aromatic nitrogens is 1. The van der Waals surface area contributed by atoms with E-state index in [1.807, 2.05) is 12.1 Å². The molecule has 0 aliphatic carbocycles. The number of benzene rings is 2. The van der Waals surface area contributed by atoms with Crippen molar-refractivity contribution in [2.45, 2.75) is 92.9 Å². The van der Waals surface area contributed by atoms with Gasteiger partial charge in [-0.25, -0.2) is 4.98 Å². The monoisotopic (exact) mass is 607 g/mol. The van der Waals surface area contributed by atoms with Gasteiger partial charge >= 0.3 is 17.1 Å². The van der Waals surface area contributed by atoms with Crippen LogP contribution in [0.5, 0.6) is 0 Å². The summed E-state index contributed by atoms with van der Waals surface area (Å²) in [7, 11) is 0. The van der Waals surface area contributed by atoms with Gasteiger partial charge in [-0.1, -0.05) is 97.9 Å². The maximum Gasteiger partial charge on any atom is 2.00 e. The van der Waals surface area contributed by atoms with Gasteiger partial charge in [0.2, 0.25) is 0 Å². The Bertz CT molecular complexity index is 1130. The van der Waals surface area contributed by atoms with Crippen LogP contribution < -0.4 is 24.8 Å². The fourth-order valence-corrected chi connectivity index (χ4v) is 4.57. The molecule has 3 nitrogen and oxygen atoms in total. The van der Waals surface area contributed by atoms with E-state index in [0.717, 1.165) is 34.2 Å². The summed E-state index contributed by atoms with van der Waals surface area (Å²) in [6.07, 6.45) is 0. The van der Waals surface area contributed by atoms with Gasteiger partial charge in [0, 0.05) is 0 Å². The molecule has 39 heavy (non-hydrogen) atoms. The standard InChI is InChI=1S/C33H43N3.2ClH.Fe/c1-20(2)26-14-11-15-27(21(3)4)32(26)34-24(9)30-18-13-19-31(36-30)25(10)35-33-28(22(5)6)16-12-17-29(33)23(7)8;;;/h11-23H,1-10H3;2*1H;/q;;;+2/p-2. The van der Waals surface area contributed by atoms with Crippen LogP contribution in [0.1, 0.15) is 127 Å². The minimum atomic E-state index is 0. The van der Waals surface area contributed by atoms with Crippen LogP contribution in [-0.4, -0.2) is 16.4 Å². The van der Waals surface area contributed by atoms with Crippen molar-refractivity contribution in [3.05, 3.63) is 88.2 Å². The molecule has 0 amide bonds. The number of pyridine rings is 1. The summed E-state index contributed by atoms with van der Waals surface area (Å²) >= 11 is 0. The van der Waals surface area contributed by atoms with E-state index in [2.05, 4.69) is 112 Å². The number of rotatable bonds is 8. The molecule has 6 heteroatoms. The van der Waals surface area contributed by atoms with E-state index in [1.54, 1.807) is 0 Å². The molecule has 3 rings (SSSR count). The summed E-state index contributed by atoms with van der Waals surface area (Å²) in [6, 6.07) is 19.2. The van der Waals surface area contributed by atoms with Crippen molar-refractivity contribution < 1.29 is 41.9 Å². The molecule has 1 heterocycles. The number of hydrogen-bond acceptors (Lipinski definition) is 3. The third kappa shape index (κ3) is 9.02. The maximum atomic E-state index is 5.15. The normalized spacial score (nSPS) is 11.9. The van der Waals surface area contributed by atoms with Gasteiger partial charge in [-0.3, -0.25) is 9.98 Å². The second kappa shape index (κ2) is 16.3. The average molecular weight is 608 g/mol. The van der Waals surface area contributed by atoms with Crippen molar-refractivity contribution in [2.24, 2.45) is 9.98 Å². The zero-order chi connectivity index (χ0) is 26.6. The van der Waals surface area contributed by atoms with E-state index in [-0.39, 0.29) is 41.9 Å². The Morgan fingerprint density at radius 2 is 0.769 bits per heavy atom. The molecule has 0 bridgehead atoms. The van der Waals surface area contributed by atoms with Gasteiger partial charge in [0.25, 0.3) is 0 Å². The van der Waals surface area contributed by atoms with Crippen LogP contribution in [-0.2, 0) is 17.1 Å². The van der Waals surface area contributed by atoms with Crippen molar-refractivity contribution in [1.29, 1.82) is 0 Å². The quantitative estimate of drug-likeness (QED) is 0.283. The Kier molecular flexibility index (Phi) is 15.5. The first-order chi connectivity index (χ1) is 17.0. The van der Waals surface area contributed by atoms with Crippen LogP contribution in [0.3, 0.4) is 0 Å². The molecule has 212 valence electrons. The third-order valence-electron chi connectivity index (χ3n) is 6.73. The summed E-state index contributed by atoms with van der Waals surface area (Å²) in [5, 5.41) is 0. The number of hydrogen-bond donors (Lipinski definition) is 0. The Hall–Kier alpha value is -1.97. The molecule has 3 aromatic rings. The molecule has 0 saturated carbocycles. The largest absolute Gasteiger partial charge is 2.00 e. The van der Waals surface area contributed by atoms with Gasteiger partial charge < -0.3 is 24.8 Å². The minimum Gasteiger partial charge on any atom is -1.00 e. The van der Waals surface area contributed by atoms with E-state index >= 15 is 0 Å². The summed E-state index contributed by atoms with van der Waals surface area (Å²) in [6.45, 7) is 22.0. The van der Waals surface area contributed by atoms with Crippen molar-refractivity contribution in [3.8, 4) is 0 Å². The Labute approximate surface area is 259 Å². The summed E-state index contributed by atoms with van der Waals surface area (Å²) in [4.78, 5) is 15.3. The molecule has 0 aliphatic heterocycles. The van der Waals surface area contributed by atoms with Gasteiger partial charge in [-0.2, -0.15) is 0 Å². The summed E-state index contributed by atoms with van der Waals surface area (Å²) < 4.78 is 0. The fourth-order valence-electron chi connectivity index (χ4n) is 4.57. The smallest absolute Gasteiger partial charge is 1.00 e. The molecular weight excluding hydrogens is 565 g/mol. The summed E-state index contributed by atoms with van der Waals surface area (Å²) in [5.41, 5.74) is 10.9. The van der Waals surface area contributed by atoms with Crippen molar-refractivity contribution >= 4 is 22.8 Å². The molecular formula is C33H43Cl2FeN3. The predicted octanol–water partition coefficient (Wildman–Crippen LogP) is 3.86. The Morgan fingerprint density at radius 1 is 0.513 bits per heavy atom. The third-order valence-corrected chi connectivity index (χ3v) is 6.73. The first-order valence-electron chi connectivity index (χ1n) is 13.3. The van der Waals surface area contributed by atoms with E-state index in [1.165, 1.54) is 22.3 Å². The number of nitrogens with zero attached hydrogens (tertiary/aromatic N) is 3. The minimum absolute atomic E-state index is 0. The van der Waals surface area contributed by atoms with E-state index in [4.69, 9.17) is 15.0 Å². The Morgan fingerprint density at radius 3 is 1.03 bits per heavy atom. The van der Waals surface area contributed by atoms with Crippen LogP contribution in [0.25, 0.3) is 0 Å². The van der Waals surface area contributed by atoms with Crippen molar-refractivity contribution in [2.75, 3.05) is 0 Å². The van der Waals surface area contributed by atoms with Crippen molar-refractivity contribution in [1.82, 2.24) is 4.98 Å². The Balaban J connectivity index is 0.00000481. The maximum absolute atomic E-state index is 5.15. The molecule has 0 unspecified atom stereocenters. The van der Waals surface area contributed by atoms with Gasteiger partial charge in [0.1, 0.15) is 0 Å². The second-order valence-electron chi connectivity index (χ2n) is 11.0. The van der Waals surface area contributed by atoms with Crippen LogP contribution in [0, 0.1) is 0 Å². The van der Waals surface area contributed by atoms with Gasteiger partial charge in [0.15, 0.2) is 0 Å². The molecule has 2 aromatic carbocycles. The molecule has 1 aromatic heterocycles. The number of halogens is 2.